The van der Waals surface area contributed by atoms with Crippen molar-refractivity contribution in [1.29, 1.82) is 0 Å². The lowest BCUT2D eigenvalue weighted by Gasteiger charge is -2.13. The number of benzene rings is 3. The van der Waals surface area contributed by atoms with Gasteiger partial charge in [0, 0.05) is 32.2 Å². The fourth-order valence-corrected chi connectivity index (χ4v) is 4.78. The minimum Gasteiger partial charge on any atom is -0.423 e. The fraction of sp³-hybridized carbons (Fsp3) is 0.263. The molecular weight excluding hydrogens is 580 g/mol. The number of nitrogens with zero attached hydrogens (tertiary/aromatic N) is 2. The Hall–Kier alpha value is -4.92. The Morgan fingerprint density at radius 2 is 1.17 bits per heavy atom. The normalized spacial score (nSPS) is 10.8. The molecule has 0 radical (unpaired) electrons. The summed E-state index contributed by atoms with van der Waals surface area (Å²) in [6.07, 6.45) is 9.36. The van der Waals surface area contributed by atoms with Gasteiger partial charge in [-0.05, 0) is 71.0 Å². The van der Waals surface area contributed by atoms with Crippen molar-refractivity contribution in [3.8, 4) is 45.1 Å². The van der Waals surface area contributed by atoms with Gasteiger partial charge < -0.3 is 18.9 Å². The second-order valence-corrected chi connectivity index (χ2v) is 10.9. The molecule has 8 heteroatoms. The number of hydrogen-bond donors (Lipinski definition) is 0. The Balaban J connectivity index is 1.58. The van der Waals surface area contributed by atoms with E-state index in [2.05, 4.69) is 20.1 Å². The number of rotatable bonds is 16. The molecule has 0 aliphatic heterocycles. The van der Waals surface area contributed by atoms with Crippen molar-refractivity contribution in [3.63, 3.8) is 0 Å². The highest BCUT2D eigenvalue weighted by Gasteiger charge is 2.16. The molecule has 3 aromatic carbocycles. The highest BCUT2D eigenvalue weighted by molar-refractivity contribution is 5.91. The lowest BCUT2D eigenvalue weighted by Crippen LogP contribution is -2.14. The molecule has 0 atom stereocenters. The van der Waals surface area contributed by atoms with E-state index in [1.165, 1.54) is 33.5 Å². The Bertz CT molecular complexity index is 1640. The van der Waals surface area contributed by atoms with Crippen molar-refractivity contribution in [3.05, 3.63) is 109 Å². The van der Waals surface area contributed by atoms with Gasteiger partial charge in [0.15, 0.2) is 5.82 Å². The number of hydrogen-bond acceptors (Lipinski definition) is 8. The zero-order valence-corrected chi connectivity index (χ0v) is 26.7. The molecule has 0 amide bonds. The van der Waals surface area contributed by atoms with Crippen molar-refractivity contribution in [1.82, 2.24) is 9.97 Å². The summed E-state index contributed by atoms with van der Waals surface area (Å²) in [5.74, 6) is 0.223. The van der Waals surface area contributed by atoms with Gasteiger partial charge in [-0.15, -0.1) is 0 Å². The van der Waals surface area contributed by atoms with Crippen molar-refractivity contribution in [2.24, 2.45) is 0 Å². The lowest BCUT2D eigenvalue weighted by atomic mass is 9.96. The zero-order valence-electron chi connectivity index (χ0n) is 26.7. The molecule has 0 aliphatic rings. The molecule has 1 heterocycles. The number of methoxy groups -OCH3 is 2. The zero-order chi connectivity index (χ0) is 32.9. The Morgan fingerprint density at radius 3 is 1.74 bits per heavy atom. The first-order valence-electron chi connectivity index (χ1n) is 15.3. The van der Waals surface area contributed by atoms with E-state index in [9.17, 15) is 9.59 Å². The lowest BCUT2D eigenvalue weighted by molar-refractivity contribution is -0.131. The number of aromatic nitrogens is 2. The van der Waals surface area contributed by atoms with Gasteiger partial charge in [-0.1, -0.05) is 75.7 Å². The first-order valence-corrected chi connectivity index (χ1v) is 15.3. The predicted molar refractivity (Wildman–Crippen MR) is 179 cm³/mol. The Morgan fingerprint density at radius 1 is 0.652 bits per heavy atom. The van der Waals surface area contributed by atoms with E-state index >= 15 is 0 Å². The van der Waals surface area contributed by atoms with Crippen LogP contribution in [0.1, 0.15) is 38.2 Å². The van der Waals surface area contributed by atoms with Crippen LogP contribution in [0.15, 0.2) is 103 Å². The van der Waals surface area contributed by atoms with Crippen LogP contribution in [0.3, 0.4) is 0 Å². The molecule has 4 rings (SSSR count). The molecule has 46 heavy (non-hydrogen) atoms. The number of carbonyl (C=O) groups is 2. The van der Waals surface area contributed by atoms with Gasteiger partial charge in [0.1, 0.15) is 11.5 Å². The molecule has 0 saturated heterocycles. The van der Waals surface area contributed by atoms with Crippen LogP contribution in [0.5, 0.6) is 11.5 Å². The van der Waals surface area contributed by atoms with E-state index in [1.807, 2.05) is 54.9 Å². The molecule has 0 unspecified atom stereocenters. The van der Waals surface area contributed by atoms with Crippen LogP contribution in [0.2, 0.25) is 0 Å². The van der Waals surface area contributed by atoms with Crippen molar-refractivity contribution >= 4 is 11.9 Å². The smallest absolute Gasteiger partial charge is 0.341 e. The van der Waals surface area contributed by atoms with Gasteiger partial charge in [-0.3, -0.25) is 0 Å². The van der Waals surface area contributed by atoms with Crippen LogP contribution < -0.4 is 9.47 Å². The van der Waals surface area contributed by atoms with Gasteiger partial charge in [0.25, 0.3) is 0 Å². The highest BCUT2D eigenvalue weighted by atomic mass is 16.5. The summed E-state index contributed by atoms with van der Waals surface area (Å²) >= 11 is 0. The molecule has 0 N–H and O–H groups in total. The van der Waals surface area contributed by atoms with Gasteiger partial charge in [-0.25, -0.2) is 19.6 Å². The average Bonchev–Trinajstić information content (AvgIpc) is 3.07. The average molecular weight is 621 g/mol. The molecule has 0 spiro atoms. The van der Waals surface area contributed by atoms with Gasteiger partial charge in [0.05, 0.1) is 24.4 Å². The highest BCUT2D eigenvalue weighted by Crippen LogP contribution is 2.35. The minimum atomic E-state index is -0.561. The third kappa shape index (κ3) is 9.30. The van der Waals surface area contributed by atoms with E-state index in [-0.39, 0.29) is 24.4 Å². The summed E-state index contributed by atoms with van der Waals surface area (Å²) in [5.41, 5.74) is 6.05. The maximum absolute atomic E-state index is 12.5. The third-order valence-electron chi connectivity index (χ3n) is 7.28. The van der Waals surface area contributed by atoms with Gasteiger partial charge in [0.2, 0.25) is 0 Å². The summed E-state index contributed by atoms with van der Waals surface area (Å²) in [6, 6.07) is 20.8. The topological polar surface area (TPSA) is 96.8 Å². The molecule has 4 aromatic rings. The van der Waals surface area contributed by atoms with E-state index in [0.717, 1.165) is 46.2 Å². The third-order valence-corrected chi connectivity index (χ3v) is 7.28. The molecule has 0 saturated carbocycles. The summed E-state index contributed by atoms with van der Waals surface area (Å²) in [7, 11) is 2.99. The predicted octanol–water partition coefficient (Wildman–Crippen LogP) is 7.82. The number of unbranched alkanes of at least 4 members (excludes halogenated alkanes) is 3. The van der Waals surface area contributed by atoms with Crippen LogP contribution in [-0.4, -0.2) is 49.3 Å². The molecule has 238 valence electrons. The molecule has 0 bridgehead atoms. The fourth-order valence-electron chi connectivity index (χ4n) is 4.78. The first kappa shape index (κ1) is 34.0. The molecule has 0 aliphatic carbocycles. The second-order valence-electron chi connectivity index (χ2n) is 10.9. The largest absolute Gasteiger partial charge is 0.423 e. The number of ether oxygens (including phenoxy) is 4. The van der Waals surface area contributed by atoms with E-state index in [4.69, 9.17) is 28.9 Å². The van der Waals surface area contributed by atoms with Gasteiger partial charge in [-0.2, -0.15) is 0 Å². The van der Waals surface area contributed by atoms with Crippen molar-refractivity contribution in [2.75, 3.05) is 27.4 Å². The molecule has 1 aromatic heterocycles. The van der Waals surface area contributed by atoms with E-state index in [0.29, 0.717) is 17.3 Å². The quantitative estimate of drug-likeness (QED) is 0.0542. The second kappa shape index (κ2) is 17.0. The summed E-state index contributed by atoms with van der Waals surface area (Å²) in [6.45, 7) is 9.81. The summed E-state index contributed by atoms with van der Waals surface area (Å²) in [4.78, 5) is 34.1. The molecular formula is C38H40N2O6. The first-order chi connectivity index (χ1) is 22.3. The van der Waals surface area contributed by atoms with Crippen molar-refractivity contribution < 1.29 is 28.5 Å². The van der Waals surface area contributed by atoms with Crippen LogP contribution in [0.25, 0.3) is 33.6 Å². The van der Waals surface area contributed by atoms with Crippen molar-refractivity contribution in [2.45, 2.75) is 39.0 Å². The monoisotopic (exact) mass is 620 g/mol. The summed E-state index contributed by atoms with van der Waals surface area (Å²) in [5, 5.41) is 0. The maximum atomic E-state index is 12.5. The SMILES string of the molecule is C=C(COC)C(=O)Oc1ccc(-c2ccc(-c3ccc(OC(=O)C(=C)COC)cc3-c3ncc(CCCCCC)cn3)cc2)cc1. The van der Waals surface area contributed by atoms with E-state index < -0.39 is 11.9 Å². The number of aryl methyl sites for hydroxylation is 1. The Kier molecular flexibility index (Phi) is 12.5. The molecule has 8 nitrogen and oxygen atoms in total. The van der Waals surface area contributed by atoms with Crippen LogP contribution >= 0.6 is 0 Å². The number of carbonyl (C=O) groups excluding carboxylic acids is 2. The standard InChI is InChI=1S/C38H40N2O6/c1-6-7-8-9-10-28-22-39-36(40-23-28)35-21-33(46-38(42)27(3)25-44-5)19-20-34(35)31-13-11-29(12-14-31)30-15-17-32(18-16-30)45-37(41)26(2)24-43-4/h11-23H,2-3,6-10,24-25H2,1,4-5H3. The van der Waals surface area contributed by atoms with Gasteiger partial charge >= 0.3 is 11.9 Å². The summed E-state index contributed by atoms with van der Waals surface area (Å²) < 4.78 is 20.9. The minimum absolute atomic E-state index is 0.0803. The maximum Gasteiger partial charge on any atom is 0.341 e. The van der Waals surface area contributed by atoms with Crippen LogP contribution in [-0.2, 0) is 25.5 Å². The number of esters is 2. The molecule has 0 fully saturated rings. The van der Waals surface area contributed by atoms with E-state index in [1.54, 1.807) is 24.3 Å². The van der Waals surface area contributed by atoms with Crippen LogP contribution in [0, 0.1) is 0 Å². The Labute approximate surface area is 270 Å². The van der Waals surface area contributed by atoms with Crippen LogP contribution in [0.4, 0.5) is 0 Å².